The van der Waals surface area contributed by atoms with Gasteiger partial charge in [0.25, 0.3) is 0 Å². The molecule has 1 fully saturated rings. The first-order valence-corrected chi connectivity index (χ1v) is 4.94. The summed E-state index contributed by atoms with van der Waals surface area (Å²) >= 11 is 0. The van der Waals surface area contributed by atoms with E-state index in [0.717, 1.165) is 12.3 Å². The zero-order chi connectivity index (χ0) is 9.97. The molecule has 1 saturated carbocycles. The Bertz CT molecular complexity index is 331. The van der Waals surface area contributed by atoms with Crippen molar-refractivity contribution in [2.24, 2.45) is 4.99 Å². The Morgan fingerprint density at radius 3 is 2.71 bits per heavy atom. The monoisotopic (exact) mass is 189 g/mol. The highest BCUT2D eigenvalue weighted by molar-refractivity contribution is 5.73. The quantitative estimate of drug-likeness (QED) is 0.517. The molecule has 2 heteroatoms. The topological polar surface area (TPSA) is 21.6 Å². The zero-order valence-corrected chi connectivity index (χ0v) is 8.60. The molecule has 74 valence electrons. The molecule has 0 aliphatic heterocycles. The summed E-state index contributed by atoms with van der Waals surface area (Å²) in [5.74, 6) is 1.40. The van der Waals surface area contributed by atoms with Gasteiger partial charge in [-0.25, -0.2) is 0 Å². The summed E-state index contributed by atoms with van der Waals surface area (Å²) in [5.41, 5.74) is 1.39. The molecule has 2 atom stereocenters. The molecule has 0 radical (unpaired) electrons. The van der Waals surface area contributed by atoms with Crippen LogP contribution in [0.2, 0.25) is 0 Å². The molecule has 0 spiro atoms. The fourth-order valence-corrected chi connectivity index (χ4v) is 1.67. The van der Waals surface area contributed by atoms with E-state index < -0.39 is 0 Å². The minimum Gasteiger partial charge on any atom is -0.484 e. The van der Waals surface area contributed by atoms with Gasteiger partial charge in [0.2, 0.25) is 0 Å². The lowest BCUT2D eigenvalue weighted by molar-refractivity contribution is 0.397. The Morgan fingerprint density at radius 1 is 1.36 bits per heavy atom. The standard InChI is InChI=1S/C12H15NO/c1-9(14-2)13-12-8-11(12)10-6-4-3-5-7-10/h3-7,11-12H,8H2,1-2H3. The van der Waals surface area contributed by atoms with Gasteiger partial charge >= 0.3 is 0 Å². The summed E-state index contributed by atoms with van der Waals surface area (Å²) in [6.45, 7) is 1.90. The average Bonchev–Trinajstić information content (AvgIpc) is 2.98. The van der Waals surface area contributed by atoms with Gasteiger partial charge in [-0.2, -0.15) is 0 Å². The van der Waals surface area contributed by atoms with Gasteiger partial charge in [0, 0.05) is 12.8 Å². The van der Waals surface area contributed by atoms with Crippen molar-refractivity contribution in [2.75, 3.05) is 7.11 Å². The van der Waals surface area contributed by atoms with Crippen LogP contribution in [0.4, 0.5) is 0 Å². The summed E-state index contributed by atoms with van der Waals surface area (Å²) < 4.78 is 5.04. The number of ether oxygens (including phenoxy) is 1. The van der Waals surface area contributed by atoms with Crippen molar-refractivity contribution >= 4 is 5.90 Å². The van der Waals surface area contributed by atoms with E-state index in [-0.39, 0.29) is 0 Å². The summed E-state index contributed by atoms with van der Waals surface area (Å²) in [6.07, 6.45) is 1.16. The van der Waals surface area contributed by atoms with Crippen molar-refractivity contribution < 1.29 is 4.74 Å². The third-order valence-corrected chi connectivity index (χ3v) is 2.63. The number of methoxy groups -OCH3 is 1. The normalized spacial score (nSPS) is 26.0. The minimum absolute atomic E-state index is 0.442. The Balaban J connectivity index is 2.00. The number of hydrogen-bond acceptors (Lipinski definition) is 2. The Morgan fingerprint density at radius 2 is 2.07 bits per heavy atom. The minimum atomic E-state index is 0.442. The van der Waals surface area contributed by atoms with Gasteiger partial charge in [-0.05, 0) is 12.0 Å². The summed E-state index contributed by atoms with van der Waals surface area (Å²) in [4.78, 5) is 4.46. The van der Waals surface area contributed by atoms with Crippen molar-refractivity contribution in [1.82, 2.24) is 0 Å². The number of hydrogen-bond donors (Lipinski definition) is 0. The number of nitrogens with zero attached hydrogens (tertiary/aromatic N) is 1. The van der Waals surface area contributed by atoms with E-state index in [2.05, 4.69) is 29.3 Å². The molecule has 2 nitrogen and oxygen atoms in total. The van der Waals surface area contributed by atoms with Gasteiger partial charge < -0.3 is 4.74 Å². The number of aliphatic imine (C=N–C) groups is 1. The molecule has 1 aromatic rings. The highest BCUT2D eigenvalue weighted by Gasteiger charge is 2.38. The molecule has 1 aliphatic carbocycles. The van der Waals surface area contributed by atoms with Gasteiger partial charge in [0.05, 0.1) is 13.2 Å². The molecule has 14 heavy (non-hydrogen) atoms. The third-order valence-electron chi connectivity index (χ3n) is 2.63. The van der Waals surface area contributed by atoms with Crippen molar-refractivity contribution in [3.63, 3.8) is 0 Å². The molecule has 1 aromatic carbocycles. The predicted octanol–water partition coefficient (Wildman–Crippen LogP) is 2.61. The highest BCUT2D eigenvalue weighted by Crippen LogP contribution is 2.43. The van der Waals surface area contributed by atoms with E-state index in [1.54, 1.807) is 7.11 Å². The van der Waals surface area contributed by atoms with Crippen LogP contribution in [0.5, 0.6) is 0 Å². The van der Waals surface area contributed by atoms with Crippen molar-refractivity contribution in [1.29, 1.82) is 0 Å². The first-order valence-electron chi connectivity index (χ1n) is 4.94. The fraction of sp³-hybridized carbons (Fsp3) is 0.417. The number of benzene rings is 1. The van der Waals surface area contributed by atoms with Gasteiger partial charge in [-0.1, -0.05) is 30.3 Å². The molecule has 0 bridgehead atoms. The number of rotatable bonds is 2. The van der Waals surface area contributed by atoms with Crippen LogP contribution < -0.4 is 0 Å². The molecular formula is C12H15NO. The Kier molecular flexibility index (Phi) is 2.53. The second-order valence-corrected chi connectivity index (χ2v) is 3.67. The lowest BCUT2D eigenvalue weighted by atomic mass is 10.1. The van der Waals surface area contributed by atoms with Crippen LogP contribution >= 0.6 is 0 Å². The summed E-state index contributed by atoms with van der Waals surface area (Å²) in [5, 5.41) is 0. The maximum atomic E-state index is 5.04. The molecular weight excluding hydrogens is 174 g/mol. The molecule has 0 aromatic heterocycles. The van der Waals surface area contributed by atoms with Crippen LogP contribution in [0.15, 0.2) is 35.3 Å². The van der Waals surface area contributed by atoms with Gasteiger partial charge in [-0.3, -0.25) is 4.99 Å². The second kappa shape index (κ2) is 3.82. The van der Waals surface area contributed by atoms with Gasteiger partial charge in [-0.15, -0.1) is 0 Å². The third kappa shape index (κ3) is 1.95. The fourth-order valence-electron chi connectivity index (χ4n) is 1.67. The smallest absolute Gasteiger partial charge is 0.179 e. The van der Waals surface area contributed by atoms with Crippen LogP contribution in [-0.4, -0.2) is 19.0 Å². The van der Waals surface area contributed by atoms with E-state index in [0.29, 0.717) is 12.0 Å². The van der Waals surface area contributed by atoms with Crippen molar-refractivity contribution in [3.05, 3.63) is 35.9 Å². The second-order valence-electron chi connectivity index (χ2n) is 3.67. The van der Waals surface area contributed by atoms with Crippen LogP contribution in [-0.2, 0) is 4.74 Å². The van der Waals surface area contributed by atoms with Gasteiger partial charge in [0.15, 0.2) is 5.90 Å². The van der Waals surface area contributed by atoms with Crippen LogP contribution in [0.25, 0.3) is 0 Å². The lowest BCUT2D eigenvalue weighted by Crippen LogP contribution is -1.96. The predicted molar refractivity (Wildman–Crippen MR) is 57.7 cm³/mol. The molecule has 0 amide bonds. The first kappa shape index (κ1) is 9.25. The van der Waals surface area contributed by atoms with E-state index >= 15 is 0 Å². The summed E-state index contributed by atoms with van der Waals surface area (Å²) in [6, 6.07) is 11.0. The summed E-state index contributed by atoms with van der Waals surface area (Å²) in [7, 11) is 1.67. The largest absolute Gasteiger partial charge is 0.484 e. The maximum Gasteiger partial charge on any atom is 0.179 e. The Hall–Kier alpha value is -1.31. The van der Waals surface area contributed by atoms with Gasteiger partial charge in [0.1, 0.15) is 0 Å². The van der Waals surface area contributed by atoms with Crippen molar-refractivity contribution in [2.45, 2.75) is 25.3 Å². The van der Waals surface area contributed by atoms with E-state index in [9.17, 15) is 0 Å². The molecule has 1 aliphatic rings. The SMILES string of the molecule is COC(C)=NC1CC1c1ccccc1. The van der Waals surface area contributed by atoms with E-state index in [1.165, 1.54) is 5.56 Å². The maximum absolute atomic E-state index is 5.04. The molecule has 0 saturated heterocycles. The first-order chi connectivity index (χ1) is 6.81. The molecule has 2 unspecified atom stereocenters. The molecule has 2 rings (SSSR count). The van der Waals surface area contributed by atoms with E-state index in [4.69, 9.17) is 4.74 Å². The molecule has 0 N–H and O–H groups in total. The highest BCUT2D eigenvalue weighted by atomic mass is 16.5. The van der Waals surface area contributed by atoms with Crippen LogP contribution in [0.1, 0.15) is 24.8 Å². The Labute approximate surface area is 84.6 Å². The average molecular weight is 189 g/mol. The van der Waals surface area contributed by atoms with E-state index in [1.807, 2.05) is 13.0 Å². The molecule has 0 heterocycles. The van der Waals surface area contributed by atoms with Crippen molar-refractivity contribution in [3.8, 4) is 0 Å². The van der Waals surface area contributed by atoms with Crippen LogP contribution in [0, 0.1) is 0 Å². The zero-order valence-electron chi connectivity index (χ0n) is 8.60. The van der Waals surface area contributed by atoms with Crippen LogP contribution in [0.3, 0.4) is 0 Å². The lowest BCUT2D eigenvalue weighted by Gasteiger charge is -1.98.